The van der Waals surface area contributed by atoms with Gasteiger partial charge in [0, 0.05) is 11.6 Å². The van der Waals surface area contributed by atoms with Gasteiger partial charge in [-0.15, -0.1) is 0 Å². The maximum atomic E-state index is 11.2. The van der Waals surface area contributed by atoms with Crippen LogP contribution < -0.4 is 10.1 Å². The van der Waals surface area contributed by atoms with E-state index in [0.29, 0.717) is 5.75 Å². The van der Waals surface area contributed by atoms with E-state index in [0.717, 1.165) is 0 Å². The summed E-state index contributed by atoms with van der Waals surface area (Å²) < 4.78 is 9.63. The Bertz CT molecular complexity index is 272. The molecule has 0 bridgehead atoms. The number of hydrogen-bond acceptors (Lipinski definition) is 3. The van der Waals surface area contributed by atoms with Crippen molar-refractivity contribution in [3.63, 3.8) is 0 Å². The number of rotatable bonds is 1. The van der Waals surface area contributed by atoms with Gasteiger partial charge in [-0.05, 0) is 20.8 Å². The molecule has 1 heterocycles. The molecule has 1 aromatic rings. The maximum absolute atomic E-state index is 11.2. The monoisotopic (exact) mass is 183 g/mol. The van der Waals surface area contributed by atoms with Crippen LogP contribution >= 0.6 is 0 Å². The summed E-state index contributed by atoms with van der Waals surface area (Å²) in [7, 11) is 0. The number of hydrogen-bond donors (Lipinski definition) is 1. The molecule has 1 rings (SSSR count). The lowest BCUT2D eigenvalue weighted by Gasteiger charge is -2.19. The summed E-state index contributed by atoms with van der Waals surface area (Å²) in [5, 5.41) is 2.65. The van der Waals surface area contributed by atoms with Crippen molar-refractivity contribution in [3.8, 4) is 5.75 Å². The highest BCUT2D eigenvalue weighted by Gasteiger charge is 2.15. The highest BCUT2D eigenvalue weighted by atomic mass is 16.6. The zero-order valence-electron chi connectivity index (χ0n) is 7.96. The number of ether oxygens (including phenoxy) is 1. The predicted octanol–water partition coefficient (Wildman–Crippen LogP) is 2.17. The summed E-state index contributed by atoms with van der Waals surface area (Å²) in [6, 6.07) is 1.57. The third kappa shape index (κ3) is 3.64. The van der Waals surface area contributed by atoms with Crippen molar-refractivity contribution in [2.75, 3.05) is 0 Å². The van der Waals surface area contributed by atoms with Crippen LogP contribution in [-0.4, -0.2) is 11.6 Å². The number of carbonyl (C=O) groups is 1. The highest BCUT2D eigenvalue weighted by molar-refractivity contribution is 5.70. The van der Waals surface area contributed by atoms with Crippen molar-refractivity contribution in [1.82, 2.24) is 5.32 Å². The molecule has 0 saturated heterocycles. The van der Waals surface area contributed by atoms with Gasteiger partial charge in [0.1, 0.15) is 6.26 Å². The molecule has 1 N–H and O–H groups in total. The zero-order chi connectivity index (χ0) is 9.90. The van der Waals surface area contributed by atoms with Gasteiger partial charge in [-0.25, -0.2) is 4.79 Å². The van der Waals surface area contributed by atoms with Gasteiger partial charge in [0.25, 0.3) is 0 Å². The lowest BCUT2D eigenvalue weighted by atomic mass is 10.1. The molecule has 1 amide bonds. The Kier molecular flexibility index (Phi) is 2.60. The minimum absolute atomic E-state index is 0.291. The van der Waals surface area contributed by atoms with E-state index in [2.05, 4.69) is 5.32 Å². The molecular weight excluding hydrogens is 170 g/mol. The van der Waals surface area contributed by atoms with Crippen LogP contribution in [-0.2, 0) is 0 Å². The smallest absolute Gasteiger partial charge is 0.413 e. The lowest BCUT2D eigenvalue weighted by Crippen LogP contribution is -2.42. The fourth-order valence-electron chi connectivity index (χ4n) is 0.749. The van der Waals surface area contributed by atoms with Crippen LogP contribution in [0.5, 0.6) is 5.75 Å². The van der Waals surface area contributed by atoms with Gasteiger partial charge in [0.05, 0.1) is 6.26 Å². The van der Waals surface area contributed by atoms with Crippen LogP contribution in [0.3, 0.4) is 0 Å². The van der Waals surface area contributed by atoms with E-state index in [-0.39, 0.29) is 5.54 Å². The SMILES string of the molecule is CC(C)(C)NC(=O)Oc1ccoc1. The molecule has 72 valence electrons. The first kappa shape index (κ1) is 9.64. The Balaban J connectivity index is 2.43. The Morgan fingerprint density at radius 1 is 1.54 bits per heavy atom. The molecule has 4 heteroatoms. The van der Waals surface area contributed by atoms with Gasteiger partial charge in [-0.3, -0.25) is 0 Å². The van der Waals surface area contributed by atoms with Crippen molar-refractivity contribution in [2.45, 2.75) is 26.3 Å². The summed E-state index contributed by atoms with van der Waals surface area (Å²) in [5.41, 5.74) is -0.291. The second kappa shape index (κ2) is 3.51. The molecule has 4 nitrogen and oxygen atoms in total. The summed E-state index contributed by atoms with van der Waals surface area (Å²) in [6.45, 7) is 5.64. The average molecular weight is 183 g/mol. The number of nitrogens with one attached hydrogen (secondary N) is 1. The van der Waals surface area contributed by atoms with Crippen LogP contribution in [0.2, 0.25) is 0 Å². The van der Waals surface area contributed by atoms with E-state index in [9.17, 15) is 4.79 Å². The molecule has 0 atom stereocenters. The maximum Gasteiger partial charge on any atom is 0.413 e. The van der Waals surface area contributed by atoms with E-state index < -0.39 is 6.09 Å². The second-order valence-electron chi connectivity index (χ2n) is 3.72. The summed E-state index contributed by atoms with van der Waals surface area (Å²) in [5.74, 6) is 0.404. The third-order valence-electron chi connectivity index (χ3n) is 1.18. The van der Waals surface area contributed by atoms with Gasteiger partial charge in [0.15, 0.2) is 5.75 Å². The van der Waals surface area contributed by atoms with Crippen LogP contribution in [0.1, 0.15) is 20.8 Å². The minimum Gasteiger partial charge on any atom is -0.469 e. The highest BCUT2D eigenvalue weighted by Crippen LogP contribution is 2.10. The van der Waals surface area contributed by atoms with Crippen LogP contribution in [0.25, 0.3) is 0 Å². The number of amides is 1. The number of furan rings is 1. The minimum atomic E-state index is -0.478. The molecule has 0 fully saturated rings. The lowest BCUT2D eigenvalue weighted by molar-refractivity contribution is 0.190. The molecule has 0 radical (unpaired) electrons. The normalized spacial score (nSPS) is 11.0. The molecule has 1 aromatic heterocycles. The Morgan fingerprint density at radius 2 is 2.23 bits per heavy atom. The standard InChI is InChI=1S/C9H13NO3/c1-9(2,3)10-8(11)13-7-4-5-12-6-7/h4-6H,1-3H3,(H,10,11). The van der Waals surface area contributed by atoms with Crippen molar-refractivity contribution >= 4 is 6.09 Å². The van der Waals surface area contributed by atoms with E-state index in [1.165, 1.54) is 12.5 Å². The molecule has 0 spiro atoms. The van der Waals surface area contributed by atoms with Crippen molar-refractivity contribution in [1.29, 1.82) is 0 Å². The fourth-order valence-corrected chi connectivity index (χ4v) is 0.749. The van der Waals surface area contributed by atoms with Gasteiger partial charge in [-0.1, -0.05) is 0 Å². The molecule has 0 aromatic carbocycles. The summed E-state index contributed by atoms with van der Waals surface area (Å²) in [4.78, 5) is 11.2. The quantitative estimate of drug-likeness (QED) is 0.725. The van der Waals surface area contributed by atoms with Crippen LogP contribution in [0.15, 0.2) is 23.0 Å². The Morgan fingerprint density at radius 3 is 2.69 bits per heavy atom. The largest absolute Gasteiger partial charge is 0.469 e. The number of carbonyl (C=O) groups excluding carboxylic acids is 1. The van der Waals surface area contributed by atoms with Crippen LogP contribution in [0, 0.1) is 0 Å². The van der Waals surface area contributed by atoms with Gasteiger partial charge < -0.3 is 14.5 Å². The molecule has 0 saturated carbocycles. The zero-order valence-corrected chi connectivity index (χ0v) is 7.96. The topological polar surface area (TPSA) is 51.5 Å². The van der Waals surface area contributed by atoms with E-state index in [1.807, 2.05) is 20.8 Å². The average Bonchev–Trinajstić information content (AvgIpc) is 2.34. The van der Waals surface area contributed by atoms with E-state index in [4.69, 9.17) is 9.15 Å². The van der Waals surface area contributed by atoms with Crippen molar-refractivity contribution < 1.29 is 13.9 Å². The van der Waals surface area contributed by atoms with Crippen molar-refractivity contribution in [2.24, 2.45) is 0 Å². The second-order valence-corrected chi connectivity index (χ2v) is 3.72. The first-order valence-electron chi connectivity index (χ1n) is 3.99. The van der Waals surface area contributed by atoms with Gasteiger partial charge >= 0.3 is 6.09 Å². The van der Waals surface area contributed by atoms with Crippen molar-refractivity contribution in [3.05, 3.63) is 18.6 Å². The third-order valence-corrected chi connectivity index (χ3v) is 1.18. The molecule has 0 aliphatic carbocycles. The molecule has 13 heavy (non-hydrogen) atoms. The van der Waals surface area contributed by atoms with E-state index in [1.54, 1.807) is 6.07 Å². The van der Waals surface area contributed by atoms with E-state index >= 15 is 0 Å². The first-order chi connectivity index (χ1) is 5.97. The Hall–Kier alpha value is -1.45. The van der Waals surface area contributed by atoms with Crippen LogP contribution in [0.4, 0.5) is 4.79 Å². The predicted molar refractivity (Wildman–Crippen MR) is 47.6 cm³/mol. The molecule has 0 unspecified atom stereocenters. The van der Waals surface area contributed by atoms with Gasteiger partial charge in [-0.2, -0.15) is 0 Å². The molecule has 0 aliphatic rings. The fraction of sp³-hybridized carbons (Fsp3) is 0.444. The molecule has 0 aliphatic heterocycles. The Labute approximate surface area is 76.9 Å². The first-order valence-corrected chi connectivity index (χ1v) is 3.99. The molecular formula is C9H13NO3. The summed E-state index contributed by atoms with van der Waals surface area (Å²) in [6.07, 6.45) is 2.33. The van der Waals surface area contributed by atoms with Gasteiger partial charge in [0.2, 0.25) is 0 Å². The summed E-state index contributed by atoms with van der Waals surface area (Å²) >= 11 is 0.